The van der Waals surface area contributed by atoms with Gasteiger partial charge in [0.25, 0.3) is 0 Å². The van der Waals surface area contributed by atoms with E-state index >= 15 is 0 Å². The molecule has 0 aliphatic carbocycles. The maximum atomic E-state index is 13.6. The number of imidazole rings is 1. The van der Waals surface area contributed by atoms with Crippen LogP contribution in [0.3, 0.4) is 0 Å². The van der Waals surface area contributed by atoms with Crippen LogP contribution in [-0.4, -0.2) is 22.8 Å². The lowest BCUT2D eigenvalue weighted by Crippen LogP contribution is -2.24. The molecule has 2 aromatic rings. The molecule has 0 saturated carbocycles. The van der Waals surface area contributed by atoms with E-state index in [2.05, 4.69) is 4.98 Å². The summed E-state index contributed by atoms with van der Waals surface area (Å²) in [6.07, 6.45) is -3.87. The van der Waals surface area contributed by atoms with E-state index in [0.29, 0.717) is 5.02 Å². The predicted octanol–water partition coefficient (Wildman–Crippen LogP) is 4.44. The second kappa shape index (κ2) is 7.27. The first-order valence-corrected chi connectivity index (χ1v) is 8.95. The summed E-state index contributed by atoms with van der Waals surface area (Å²) in [5, 5.41) is 0.377. The number of alkyl halides is 3. The molecule has 1 heterocycles. The fourth-order valence-corrected chi connectivity index (χ4v) is 3.91. The molecule has 1 aromatic heterocycles. The van der Waals surface area contributed by atoms with Crippen LogP contribution in [0.4, 0.5) is 13.2 Å². The van der Waals surface area contributed by atoms with E-state index in [9.17, 15) is 17.7 Å². The summed E-state index contributed by atoms with van der Waals surface area (Å²) in [4.78, 5) is 3.69. The Morgan fingerprint density at radius 3 is 2.17 bits per heavy atom. The van der Waals surface area contributed by atoms with Crippen molar-refractivity contribution in [2.24, 2.45) is 0 Å². The van der Waals surface area contributed by atoms with Gasteiger partial charge in [-0.2, -0.15) is 13.2 Å². The molecule has 0 spiro atoms. The maximum absolute atomic E-state index is 13.6. The third-order valence-electron chi connectivity index (χ3n) is 2.98. The Morgan fingerprint density at radius 1 is 1.17 bits per heavy atom. The van der Waals surface area contributed by atoms with Crippen LogP contribution in [0.2, 0.25) is 5.02 Å². The molecule has 0 unspecified atom stereocenters. The van der Waals surface area contributed by atoms with Crippen LogP contribution in [0.15, 0.2) is 30.6 Å². The topological polar surface area (TPSA) is 53.4 Å². The zero-order valence-corrected chi connectivity index (χ0v) is 14.5. The molecule has 0 bridgehead atoms. The van der Waals surface area contributed by atoms with Crippen molar-refractivity contribution in [2.45, 2.75) is 20.0 Å². The number of halogens is 4. The van der Waals surface area contributed by atoms with Gasteiger partial charge in [-0.25, -0.2) is 4.98 Å². The Bertz CT molecular complexity index is 737. The van der Waals surface area contributed by atoms with Crippen molar-refractivity contribution < 1.29 is 26.8 Å². The van der Waals surface area contributed by atoms with E-state index in [1.54, 1.807) is 0 Å². The van der Waals surface area contributed by atoms with E-state index in [1.807, 2.05) is 0 Å². The SMILES string of the molecule is CCOP(=O)(OCC)c1ncn(-c2ccc(Cl)cc2)c1C(F)(F)F. The molecular weight excluding hydrogens is 368 g/mol. The minimum absolute atomic E-state index is 0.0810. The van der Waals surface area contributed by atoms with Crippen LogP contribution in [0.5, 0.6) is 0 Å². The highest BCUT2D eigenvalue weighted by atomic mass is 35.5. The lowest BCUT2D eigenvalue weighted by molar-refractivity contribution is -0.141. The first-order valence-electron chi connectivity index (χ1n) is 7.03. The fraction of sp³-hybridized carbons (Fsp3) is 0.357. The molecular formula is C14H15ClF3N2O3P. The molecule has 0 radical (unpaired) electrons. The monoisotopic (exact) mass is 382 g/mol. The van der Waals surface area contributed by atoms with Gasteiger partial charge in [0.1, 0.15) is 6.33 Å². The molecule has 5 nitrogen and oxygen atoms in total. The minimum Gasteiger partial charge on any atom is -0.304 e. The predicted molar refractivity (Wildman–Crippen MR) is 84.1 cm³/mol. The first kappa shape index (κ1) is 19.0. The van der Waals surface area contributed by atoms with E-state index in [1.165, 1.54) is 38.1 Å². The Hall–Kier alpha value is -1.34. The van der Waals surface area contributed by atoms with Gasteiger partial charge in [0, 0.05) is 10.7 Å². The largest absolute Gasteiger partial charge is 0.434 e. The van der Waals surface area contributed by atoms with Crippen LogP contribution < -0.4 is 5.44 Å². The van der Waals surface area contributed by atoms with Gasteiger partial charge >= 0.3 is 13.8 Å². The Kier molecular flexibility index (Phi) is 5.75. The summed E-state index contributed by atoms with van der Waals surface area (Å²) in [7, 11) is -4.19. The summed E-state index contributed by atoms with van der Waals surface area (Å²) >= 11 is 5.76. The molecule has 0 saturated heterocycles. The average molecular weight is 383 g/mol. The van der Waals surface area contributed by atoms with Crippen LogP contribution in [0, 0.1) is 0 Å². The van der Waals surface area contributed by atoms with Crippen molar-refractivity contribution in [1.29, 1.82) is 0 Å². The second-order valence-electron chi connectivity index (χ2n) is 4.59. The van der Waals surface area contributed by atoms with Crippen LogP contribution >= 0.6 is 19.2 Å². The van der Waals surface area contributed by atoms with Gasteiger partial charge in [0.05, 0.1) is 13.2 Å². The van der Waals surface area contributed by atoms with Crippen LogP contribution in [0.1, 0.15) is 19.5 Å². The highest BCUT2D eigenvalue weighted by Gasteiger charge is 2.46. The van der Waals surface area contributed by atoms with Crippen molar-refractivity contribution >= 4 is 24.6 Å². The number of aromatic nitrogens is 2. The molecule has 0 N–H and O–H groups in total. The lowest BCUT2D eigenvalue weighted by atomic mass is 10.3. The van der Waals surface area contributed by atoms with Gasteiger partial charge in [-0.3, -0.25) is 9.13 Å². The minimum atomic E-state index is -4.81. The van der Waals surface area contributed by atoms with Crippen molar-refractivity contribution in [2.75, 3.05) is 13.2 Å². The van der Waals surface area contributed by atoms with E-state index in [4.69, 9.17) is 20.6 Å². The number of hydrogen-bond acceptors (Lipinski definition) is 4. The summed E-state index contributed by atoms with van der Waals surface area (Å²) < 4.78 is 64.3. The molecule has 0 amide bonds. The second-order valence-corrected chi connectivity index (χ2v) is 6.97. The van der Waals surface area contributed by atoms with Crippen molar-refractivity contribution in [3.8, 4) is 5.69 Å². The standard InChI is InChI=1S/C14H15ClF3N2O3P/c1-3-22-24(21,23-4-2)13-12(14(16,17)18)20(9-19-13)11-7-5-10(15)6-8-11/h5-9H,3-4H2,1-2H3. The molecule has 0 atom stereocenters. The van der Waals surface area contributed by atoms with Gasteiger partial charge in [-0.15, -0.1) is 0 Å². The van der Waals surface area contributed by atoms with E-state index in [-0.39, 0.29) is 18.9 Å². The summed E-state index contributed by atoms with van der Waals surface area (Å²) in [6, 6.07) is 5.69. The van der Waals surface area contributed by atoms with E-state index < -0.39 is 24.9 Å². The number of benzene rings is 1. The zero-order valence-electron chi connectivity index (χ0n) is 12.9. The van der Waals surface area contributed by atoms with Gasteiger partial charge in [0.2, 0.25) is 0 Å². The van der Waals surface area contributed by atoms with Crippen LogP contribution in [0.25, 0.3) is 5.69 Å². The van der Waals surface area contributed by atoms with Gasteiger partial charge < -0.3 is 9.05 Å². The molecule has 0 fully saturated rings. The summed E-state index contributed by atoms with van der Waals surface area (Å²) in [6.45, 7) is 2.86. The van der Waals surface area contributed by atoms with Crippen LogP contribution in [-0.2, 0) is 19.8 Å². The van der Waals surface area contributed by atoms with Crippen molar-refractivity contribution in [3.05, 3.63) is 41.3 Å². The molecule has 10 heteroatoms. The Labute approximate surface area is 141 Å². The molecule has 24 heavy (non-hydrogen) atoms. The van der Waals surface area contributed by atoms with Crippen molar-refractivity contribution in [3.63, 3.8) is 0 Å². The molecule has 2 rings (SSSR count). The highest BCUT2D eigenvalue weighted by molar-refractivity contribution is 7.62. The summed E-state index contributed by atoms with van der Waals surface area (Å²) in [5.74, 6) is 0. The normalized spacial score (nSPS) is 12.6. The Morgan fingerprint density at radius 2 is 1.71 bits per heavy atom. The molecule has 0 aliphatic heterocycles. The number of rotatable bonds is 6. The smallest absolute Gasteiger partial charge is 0.304 e. The third-order valence-corrected chi connectivity index (χ3v) is 5.27. The number of hydrogen-bond donors (Lipinski definition) is 0. The van der Waals surface area contributed by atoms with Crippen molar-refractivity contribution in [1.82, 2.24) is 9.55 Å². The van der Waals surface area contributed by atoms with E-state index in [0.717, 1.165) is 10.9 Å². The van der Waals surface area contributed by atoms with Gasteiger partial charge in [0.15, 0.2) is 11.1 Å². The maximum Gasteiger partial charge on any atom is 0.434 e. The number of nitrogens with zero attached hydrogens (tertiary/aromatic N) is 2. The molecule has 1 aromatic carbocycles. The molecule has 0 aliphatic rings. The first-order chi connectivity index (χ1) is 11.2. The highest BCUT2D eigenvalue weighted by Crippen LogP contribution is 2.49. The van der Waals surface area contributed by atoms with Gasteiger partial charge in [-0.1, -0.05) is 11.6 Å². The average Bonchev–Trinajstić information content (AvgIpc) is 2.94. The Balaban J connectivity index is 2.66. The third kappa shape index (κ3) is 3.83. The lowest BCUT2D eigenvalue weighted by Gasteiger charge is -2.18. The van der Waals surface area contributed by atoms with Gasteiger partial charge in [-0.05, 0) is 38.1 Å². The summed E-state index contributed by atoms with van der Waals surface area (Å²) in [5.41, 5.74) is -1.78. The molecule has 132 valence electrons. The zero-order chi connectivity index (χ0) is 18.0. The fourth-order valence-electron chi connectivity index (χ4n) is 2.10. The quantitative estimate of drug-likeness (QED) is 0.693.